The van der Waals surface area contributed by atoms with Crippen molar-refractivity contribution in [2.75, 3.05) is 11.9 Å². The Bertz CT molecular complexity index is 1010. The lowest BCUT2D eigenvalue weighted by Gasteiger charge is -2.30. The molecule has 0 amide bonds. The molecule has 148 valence electrons. The normalized spacial score (nSPS) is 19.6. The van der Waals surface area contributed by atoms with Gasteiger partial charge in [0.25, 0.3) is 0 Å². The molecule has 3 aromatic rings. The summed E-state index contributed by atoms with van der Waals surface area (Å²) in [6, 6.07) is 1.02. The van der Waals surface area contributed by atoms with Crippen LogP contribution in [0.15, 0.2) is 23.8 Å². The number of alkyl halides is 2. The van der Waals surface area contributed by atoms with Crippen LogP contribution in [0.1, 0.15) is 29.8 Å². The second-order valence-corrected chi connectivity index (χ2v) is 7.39. The third-order valence-electron chi connectivity index (χ3n) is 4.86. The number of ether oxygens (including phenoxy) is 1. The first-order valence-corrected chi connectivity index (χ1v) is 9.52. The molecular formula is C17H17F2N5O3S. The fraction of sp³-hybridized carbons (Fsp3) is 0.412. The van der Waals surface area contributed by atoms with E-state index in [-0.39, 0.29) is 17.6 Å². The summed E-state index contributed by atoms with van der Waals surface area (Å²) >= 11 is 1.43. The van der Waals surface area contributed by atoms with Gasteiger partial charge in [0.15, 0.2) is 11.5 Å². The molecule has 0 saturated heterocycles. The number of halogens is 2. The van der Waals surface area contributed by atoms with Gasteiger partial charge in [0, 0.05) is 24.7 Å². The molecule has 1 aliphatic rings. The molecule has 3 aromatic heterocycles. The molecule has 0 unspecified atom stereocenters. The number of aromatic carboxylic acids is 1. The molecule has 0 radical (unpaired) electrons. The van der Waals surface area contributed by atoms with Gasteiger partial charge in [-0.05, 0) is 19.3 Å². The van der Waals surface area contributed by atoms with Crippen LogP contribution in [-0.4, -0.2) is 56.5 Å². The summed E-state index contributed by atoms with van der Waals surface area (Å²) in [6.45, 7) is -2.85. The third kappa shape index (κ3) is 3.42. The number of thiazole rings is 1. The molecule has 28 heavy (non-hydrogen) atoms. The molecule has 0 spiro atoms. The molecule has 4 rings (SSSR count). The van der Waals surface area contributed by atoms with E-state index in [1.807, 2.05) is 5.38 Å². The number of rotatable bonds is 6. The fourth-order valence-electron chi connectivity index (χ4n) is 3.54. The SMILES string of the molecule is CN(c1cc(C(=O)O)nc(-c2cnn3ccsc23)n1)[C@H]1CCC[C@@H]1OC(F)F. The maximum absolute atomic E-state index is 12.7. The Morgan fingerprint density at radius 1 is 1.43 bits per heavy atom. The zero-order valence-electron chi connectivity index (χ0n) is 14.8. The second kappa shape index (κ2) is 7.40. The highest BCUT2D eigenvalue weighted by atomic mass is 32.1. The maximum Gasteiger partial charge on any atom is 0.354 e. The molecule has 1 fully saturated rings. The minimum atomic E-state index is -2.85. The summed E-state index contributed by atoms with van der Waals surface area (Å²) in [5, 5.41) is 15.5. The Morgan fingerprint density at radius 2 is 2.25 bits per heavy atom. The van der Waals surface area contributed by atoms with Crippen LogP contribution in [0, 0.1) is 0 Å². The number of carboxylic acids is 1. The smallest absolute Gasteiger partial charge is 0.354 e. The topological polar surface area (TPSA) is 92.9 Å². The van der Waals surface area contributed by atoms with Crippen LogP contribution in [0.25, 0.3) is 16.2 Å². The minimum Gasteiger partial charge on any atom is -0.477 e. The largest absolute Gasteiger partial charge is 0.477 e. The Hall–Kier alpha value is -2.66. The Balaban J connectivity index is 1.73. The number of likely N-dealkylation sites (N-methyl/N-ethyl adjacent to an activating group) is 1. The number of fused-ring (bicyclic) bond motifs is 1. The first-order chi connectivity index (χ1) is 13.4. The lowest BCUT2D eigenvalue weighted by molar-refractivity contribution is -0.163. The van der Waals surface area contributed by atoms with Crippen molar-refractivity contribution in [3.8, 4) is 11.4 Å². The Kier molecular flexibility index (Phi) is 4.94. The first-order valence-electron chi connectivity index (χ1n) is 8.64. The molecule has 2 atom stereocenters. The van der Waals surface area contributed by atoms with Crippen molar-refractivity contribution in [1.82, 2.24) is 19.6 Å². The van der Waals surface area contributed by atoms with Gasteiger partial charge in [0.05, 0.1) is 23.9 Å². The fourth-order valence-corrected chi connectivity index (χ4v) is 4.33. The summed E-state index contributed by atoms with van der Waals surface area (Å²) in [4.78, 5) is 22.7. The van der Waals surface area contributed by atoms with E-state index in [2.05, 4.69) is 15.1 Å². The van der Waals surface area contributed by atoms with Gasteiger partial charge in [-0.25, -0.2) is 19.3 Å². The van der Waals surface area contributed by atoms with E-state index < -0.39 is 18.7 Å². The summed E-state index contributed by atoms with van der Waals surface area (Å²) in [7, 11) is 1.70. The predicted molar refractivity (Wildman–Crippen MR) is 98.0 cm³/mol. The van der Waals surface area contributed by atoms with Crippen LogP contribution < -0.4 is 4.90 Å². The van der Waals surface area contributed by atoms with E-state index in [9.17, 15) is 18.7 Å². The lowest BCUT2D eigenvalue weighted by atomic mass is 10.2. The highest BCUT2D eigenvalue weighted by Gasteiger charge is 2.34. The standard InChI is InChI=1S/C17H17F2N5O3S/c1-23(11-3-2-4-12(11)27-17(18)19)13-7-10(16(25)26)21-14(22-13)9-8-20-24-5-6-28-15(9)24/h5-8,11-12,17H,2-4H2,1H3,(H,25,26)/t11-,12-/m0/s1. The predicted octanol–water partition coefficient (Wildman–Crippen LogP) is 3.15. The quantitative estimate of drug-likeness (QED) is 0.668. The van der Waals surface area contributed by atoms with Crippen molar-refractivity contribution in [3.05, 3.63) is 29.5 Å². The van der Waals surface area contributed by atoms with E-state index >= 15 is 0 Å². The van der Waals surface area contributed by atoms with Crippen molar-refractivity contribution < 1.29 is 23.4 Å². The number of carboxylic acid groups (broad SMARTS) is 1. The first kappa shape index (κ1) is 18.7. The van der Waals surface area contributed by atoms with E-state index in [1.165, 1.54) is 17.4 Å². The highest BCUT2D eigenvalue weighted by molar-refractivity contribution is 7.16. The van der Waals surface area contributed by atoms with Gasteiger partial charge >= 0.3 is 12.6 Å². The number of hydrogen-bond donors (Lipinski definition) is 1. The average molecular weight is 409 g/mol. The van der Waals surface area contributed by atoms with Gasteiger partial charge in [-0.15, -0.1) is 11.3 Å². The molecule has 1 N–H and O–H groups in total. The molecule has 8 nitrogen and oxygen atoms in total. The van der Waals surface area contributed by atoms with Crippen molar-refractivity contribution in [2.45, 2.75) is 38.0 Å². The summed E-state index contributed by atoms with van der Waals surface area (Å²) < 4.78 is 31.8. The lowest BCUT2D eigenvalue weighted by Crippen LogP contribution is -2.40. The summed E-state index contributed by atoms with van der Waals surface area (Å²) in [6.07, 6.45) is 4.63. The van der Waals surface area contributed by atoms with Crippen LogP contribution >= 0.6 is 11.3 Å². The number of anilines is 1. The van der Waals surface area contributed by atoms with Gasteiger partial charge < -0.3 is 14.7 Å². The van der Waals surface area contributed by atoms with Gasteiger partial charge in [-0.3, -0.25) is 0 Å². The van der Waals surface area contributed by atoms with Gasteiger partial charge in [0.2, 0.25) is 0 Å². The molecular weight excluding hydrogens is 392 g/mol. The van der Waals surface area contributed by atoms with Crippen molar-refractivity contribution >= 4 is 28.0 Å². The summed E-state index contributed by atoms with van der Waals surface area (Å²) in [5.41, 5.74) is 0.437. The molecule has 0 bridgehead atoms. The molecule has 11 heteroatoms. The molecule has 0 aromatic carbocycles. The van der Waals surface area contributed by atoms with Crippen molar-refractivity contribution in [3.63, 3.8) is 0 Å². The number of nitrogens with zero attached hydrogens (tertiary/aromatic N) is 5. The molecule has 1 saturated carbocycles. The number of aromatic nitrogens is 4. The Labute approximate surface area is 162 Å². The van der Waals surface area contributed by atoms with Crippen molar-refractivity contribution in [2.24, 2.45) is 0 Å². The van der Waals surface area contributed by atoms with Gasteiger partial charge in [0.1, 0.15) is 10.6 Å². The minimum absolute atomic E-state index is 0.174. The maximum atomic E-state index is 12.7. The van der Waals surface area contributed by atoms with Crippen LogP contribution in [0.3, 0.4) is 0 Å². The monoisotopic (exact) mass is 409 g/mol. The van der Waals surface area contributed by atoms with E-state index in [1.54, 1.807) is 28.9 Å². The molecule has 1 aliphatic carbocycles. The zero-order chi connectivity index (χ0) is 19.8. The molecule has 0 aliphatic heterocycles. The van der Waals surface area contributed by atoms with Gasteiger partial charge in [-0.2, -0.15) is 13.9 Å². The Morgan fingerprint density at radius 3 is 3.00 bits per heavy atom. The van der Waals surface area contributed by atoms with Crippen LogP contribution in [0.5, 0.6) is 0 Å². The van der Waals surface area contributed by atoms with E-state index in [0.29, 0.717) is 24.2 Å². The third-order valence-corrected chi connectivity index (χ3v) is 5.75. The molecule has 3 heterocycles. The van der Waals surface area contributed by atoms with Crippen LogP contribution in [0.4, 0.5) is 14.6 Å². The highest BCUT2D eigenvalue weighted by Crippen LogP contribution is 2.32. The van der Waals surface area contributed by atoms with E-state index in [4.69, 9.17) is 4.74 Å². The second-order valence-electron chi connectivity index (χ2n) is 6.50. The number of carbonyl (C=O) groups is 1. The average Bonchev–Trinajstić information content (AvgIpc) is 3.36. The van der Waals surface area contributed by atoms with Crippen molar-refractivity contribution in [1.29, 1.82) is 0 Å². The number of hydrogen-bond acceptors (Lipinski definition) is 7. The zero-order valence-corrected chi connectivity index (χ0v) is 15.6. The van der Waals surface area contributed by atoms with Gasteiger partial charge in [-0.1, -0.05) is 0 Å². The van der Waals surface area contributed by atoms with Crippen LogP contribution in [-0.2, 0) is 4.74 Å². The summed E-state index contributed by atoms with van der Waals surface area (Å²) in [5.74, 6) is -0.628. The van der Waals surface area contributed by atoms with E-state index in [0.717, 1.165) is 11.3 Å². The van der Waals surface area contributed by atoms with Crippen LogP contribution in [0.2, 0.25) is 0 Å².